The van der Waals surface area contributed by atoms with Crippen molar-refractivity contribution in [2.24, 2.45) is 4.99 Å². The lowest BCUT2D eigenvalue weighted by molar-refractivity contribution is -0.144. The van der Waals surface area contributed by atoms with Gasteiger partial charge in [0.2, 0.25) is 5.90 Å². The summed E-state index contributed by atoms with van der Waals surface area (Å²) < 4.78 is 10.3. The second kappa shape index (κ2) is 11.1. The summed E-state index contributed by atoms with van der Waals surface area (Å²) in [4.78, 5) is 41.4. The number of nitrogens with one attached hydrogen (secondary N) is 1. The van der Waals surface area contributed by atoms with Crippen LogP contribution in [-0.4, -0.2) is 41.9 Å². The minimum absolute atomic E-state index is 0.0474. The Balaban J connectivity index is 0.000000151. The Morgan fingerprint density at radius 2 is 1.29 bits per heavy atom. The quantitative estimate of drug-likeness (QED) is 0.319. The van der Waals surface area contributed by atoms with Gasteiger partial charge in [-0.1, -0.05) is 97.1 Å². The highest BCUT2D eigenvalue weighted by atomic mass is 16.6. The van der Waals surface area contributed by atoms with Gasteiger partial charge in [0.15, 0.2) is 5.54 Å². The standard InChI is InChI=1S/C18H17NO3.C17H13NO2/c1-22-17(21)18(12-15(18)13-8-4-2-5-9-13)19-16(20)14-10-6-3-7-11-14;19-16-17(11-14(17)12-7-3-1-4-8-12)18-15(20-16)13-9-5-2-6-10-13/h2-11,15H,12H2,1H3,(H,19,20);1-10,14H,11H2. The molecule has 4 atom stereocenters. The van der Waals surface area contributed by atoms with Crippen LogP contribution in [0, 0.1) is 0 Å². The van der Waals surface area contributed by atoms with Gasteiger partial charge in [0.05, 0.1) is 7.11 Å². The molecule has 0 aromatic heterocycles. The molecule has 210 valence electrons. The highest BCUT2D eigenvalue weighted by molar-refractivity contribution is 6.10. The third-order valence-electron chi connectivity index (χ3n) is 8.08. The van der Waals surface area contributed by atoms with Gasteiger partial charge in [0.1, 0.15) is 5.54 Å². The number of hydrogen-bond acceptors (Lipinski definition) is 6. The minimum Gasteiger partial charge on any atom is -0.467 e. The summed E-state index contributed by atoms with van der Waals surface area (Å²) in [6.07, 6.45) is 1.30. The van der Waals surface area contributed by atoms with Gasteiger partial charge in [-0.2, -0.15) is 0 Å². The average molecular weight is 559 g/mol. The van der Waals surface area contributed by atoms with Gasteiger partial charge in [-0.15, -0.1) is 0 Å². The van der Waals surface area contributed by atoms with E-state index in [0.29, 0.717) is 17.9 Å². The van der Waals surface area contributed by atoms with Gasteiger partial charge in [-0.3, -0.25) is 4.79 Å². The molecule has 0 bridgehead atoms. The fraction of sp³-hybridized carbons (Fsp3) is 0.200. The Labute approximate surface area is 244 Å². The maximum absolute atomic E-state index is 12.4. The predicted octanol–water partition coefficient (Wildman–Crippen LogP) is 5.43. The van der Waals surface area contributed by atoms with Crippen LogP contribution in [0.15, 0.2) is 126 Å². The molecular weight excluding hydrogens is 528 g/mol. The summed E-state index contributed by atoms with van der Waals surface area (Å²) in [5.74, 6) is -0.319. The van der Waals surface area contributed by atoms with E-state index in [1.54, 1.807) is 24.3 Å². The Bertz CT molecular complexity index is 1630. The second-order valence-electron chi connectivity index (χ2n) is 10.7. The zero-order chi connectivity index (χ0) is 29.2. The first-order chi connectivity index (χ1) is 20.5. The fourth-order valence-electron chi connectivity index (χ4n) is 5.62. The first kappa shape index (κ1) is 27.1. The van der Waals surface area contributed by atoms with E-state index in [9.17, 15) is 14.4 Å². The van der Waals surface area contributed by atoms with Crippen LogP contribution in [0.5, 0.6) is 0 Å². The molecule has 1 heterocycles. The molecule has 0 saturated heterocycles. The smallest absolute Gasteiger partial charge is 0.341 e. The maximum atomic E-state index is 12.4. The zero-order valence-corrected chi connectivity index (χ0v) is 23.1. The van der Waals surface area contributed by atoms with Crippen LogP contribution in [0.3, 0.4) is 0 Å². The summed E-state index contributed by atoms with van der Waals surface area (Å²) in [5.41, 5.74) is 1.94. The van der Waals surface area contributed by atoms with Crippen molar-refractivity contribution >= 4 is 23.7 Å². The van der Waals surface area contributed by atoms with Gasteiger partial charge < -0.3 is 14.8 Å². The third kappa shape index (κ3) is 5.09. The van der Waals surface area contributed by atoms with Crippen LogP contribution in [-0.2, 0) is 19.1 Å². The Hall–Kier alpha value is -5.04. The molecule has 7 rings (SSSR count). The molecule has 0 radical (unpaired) electrons. The largest absolute Gasteiger partial charge is 0.467 e. The van der Waals surface area contributed by atoms with Crippen LogP contribution in [0.1, 0.15) is 51.7 Å². The molecule has 1 amide bonds. The molecule has 3 aliphatic rings. The summed E-state index contributed by atoms with van der Waals surface area (Å²) in [6.45, 7) is 0. The number of nitrogens with zero attached hydrogens (tertiary/aromatic N) is 1. The number of cyclic esters (lactones) is 1. The third-order valence-corrected chi connectivity index (χ3v) is 8.08. The fourth-order valence-corrected chi connectivity index (χ4v) is 5.62. The first-order valence-corrected chi connectivity index (χ1v) is 13.9. The van der Waals surface area contributed by atoms with E-state index in [1.807, 2.05) is 97.1 Å². The van der Waals surface area contributed by atoms with Crippen molar-refractivity contribution in [3.63, 3.8) is 0 Å². The van der Waals surface area contributed by atoms with E-state index in [1.165, 1.54) is 7.11 Å². The molecule has 4 unspecified atom stereocenters. The second-order valence-corrected chi connectivity index (χ2v) is 10.7. The van der Waals surface area contributed by atoms with Gasteiger partial charge in [-0.05, 0) is 48.2 Å². The molecule has 1 spiro atoms. The Morgan fingerprint density at radius 3 is 1.86 bits per heavy atom. The average Bonchev–Trinajstić information content (AvgIpc) is 3.94. The van der Waals surface area contributed by atoms with Crippen molar-refractivity contribution in [3.05, 3.63) is 144 Å². The number of aliphatic imine (C=N–C) groups is 1. The molecule has 7 heteroatoms. The summed E-state index contributed by atoms with van der Waals surface area (Å²) in [7, 11) is 1.35. The van der Waals surface area contributed by atoms with E-state index in [-0.39, 0.29) is 23.7 Å². The van der Waals surface area contributed by atoms with Crippen LogP contribution < -0.4 is 5.32 Å². The summed E-state index contributed by atoms with van der Waals surface area (Å²) in [5, 5.41) is 2.87. The van der Waals surface area contributed by atoms with E-state index < -0.39 is 17.0 Å². The molecule has 1 aliphatic heterocycles. The van der Waals surface area contributed by atoms with Gasteiger partial charge in [0, 0.05) is 23.0 Å². The van der Waals surface area contributed by atoms with E-state index in [2.05, 4.69) is 10.3 Å². The number of esters is 2. The van der Waals surface area contributed by atoms with Crippen molar-refractivity contribution in [2.75, 3.05) is 7.11 Å². The predicted molar refractivity (Wildman–Crippen MR) is 158 cm³/mol. The number of carbonyl (C=O) groups excluding carboxylic acids is 3. The lowest BCUT2D eigenvalue weighted by Crippen LogP contribution is -2.45. The van der Waals surface area contributed by atoms with Crippen molar-refractivity contribution < 1.29 is 23.9 Å². The van der Waals surface area contributed by atoms with Crippen LogP contribution >= 0.6 is 0 Å². The van der Waals surface area contributed by atoms with Crippen LogP contribution in [0.4, 0.5) is 0 Å². The maximum Gasteiger partial charge on any atom is 0.341 e. The highest BCUT2D eigenvalue weighted by Gasteiger charge is 2.66. The van der Waals surface area contributed by atoms with Gasteiger partial charge >= 0.3 is 11.9 Å². The number of methoxy groups -OCH3 is 1. The number of amides is 1. The Morgan fingerprint density at radius 1 is 0.762 bits per heavy atom. The molecule has 2 saturated carbocycles. The van der Waals surface area contributed by atoms with Crippen molar-refractivity contribution in [3.8, 4) is 0 Å². The normalized spacial score (nSPS) is 24.9. The Kier molecular flexibility index (Phi) is 7.17. The number of rotatable bonds is 6. The summed E-state index contributed by atoms with van der Waals surface area (Å²) >= 11 is 0. The lowest BCUT2D eigenvalue weighted by Gasteiger charge is -2.17. The van der Waals surface area contributed by atoms with Crippen molar-refractivity contribution in [2.45, 2.75) is 35.8 Å². The lowest BCUT2D eigenvalue weighted by atomic mass is 10.1. The van der Waals surface area contributed by atoms with Gasteiger partial charge in [-0.25, -0.2) is 14.6 Å². The molecule has 4 aromatic rings. The molecular formula is C35H30N2O5. The number of carbonyl (C=O) groups is 3. The molecule has 1 N–H and O–H groups in total. The highest BCUT2D eigenvalue weighted by Crippen LogP contribution is 2.57. The topological polar surface area (TPSA) is 94.1 Å². The van der Waals surface area contributed by atoms with Crippen molar-refractivity contribution in [1.82, 2.24) is 5.32 Å². The van der Waals surface area contributed by atoms with E-state index in [4.69, 9.17) is 9.47 Å². The zero-order valence-electron chi connectivity index (χ0n) is 23.1. The van der Waals surface area contributed by atoms with E-state index in [0.717, 1.165) is 23.1 Å². The molecule has 4 aromatic carbocycles. The first-order valence-electron chi connectivity index (χ1n) is 13.9. The van der Waals surface area contributed by atoms with Gasteiger partial charge in [0.25, 0.3) is 5.91 Å². The molecule has 42 heavy (non-hydrogen) atoms. The van der Waals surface area contributed by atoms with Crippen LogP contribution in [0.25, 0.3) is 0 Å². The number of ether oxygens (including phenoxy) is 2. The molecule has 7 nitrogen and oxygen atoms in total. The minimum atomic E-state index is -0.955. The SMILES string of the molecule is COC(=O)C1(NC(=O)c2ccccc2)CC1c1ccccc1.O=C1OC(c2ccccc2)=NC12CC2c1ccccc1. The number of hydrogen-bond donors (Lipinski definition) is 1. The van der Waals surface area contributed by atoms with Crippen LogP contribution in [0.2, 0.25) is 0 Å². The monoisotopic (exact) mass is 558 g/mol. The van der Waals surface area contributed by atoms with Crippen molar-refractivity contribution in [1.29, 1.82) is 0 Å². The molecule has 2 fully saturated rings. The van der Waals surface area contributed by atoms with E-state index >= 15 is 0 Å². The molecule has 2 aliphatic carbocycles. The summed E-state index contributed by atoms with van der Waals surface area (Å²) in [6, 6.07) is 38.2. The number of benzene rings is 4.